The molecule has 86 valence electrons. The lowest BCUT2D eigenvalue weighted by atomic mass is 9.99. The van der Waals surface area contributed by atoms with E-state index in [0.29, 0.717) is 5.92 Å². The average Bonchev–Trinajstić information content (AvgIpc) is 2.74. The molecule has 1 N–H and O–H groups in total. The van der Waals surface area contributed by atoms with E-state index in [0.717, 1.165) is 26.1 Å². The first kappa shape index (κ1) is 9.84. The van der Waals surface area contributed by atoms with Crippen LogP contribution in [0, 0.1) is 0 Å². The van der Waals surface area contributed by atoms with Gasteiger partial charge < -0.3 is 14.8 Å². The second-order valence-electron chi connectivity index (χ2n) is 4.65. The summed E-state index contributed by atoms with van der Waals surface area (Å²) in [5, 5.41) is 3.25. The van der Waals surface area contributed by atoms with Crippen molar-refractivity contribution in [1.82, 2.24) is 19.8 Å². The van der Waals surface area contributed by atoms with Crippen molar-refractivity contribution in [2.75, 3.05) is 26.7 Å². The predicted octanol–water partition coefficient (Wildman–Crippen LogP) is -0.0269. The summed E-state index contributed by atoms with van der Waals surface area (Å²) in [7, 11) is 1.86. The van der Waals surface area contributed by atoms with Crippen molar-refractivity contribution < 1.29 is 4.79 Å². The predicted molar refractivity (Wildman–Crippen MR) is 59.1 cm³/mol. The van der Waals surface area contributed by atoms with Crippen molar-refractivity contribution >= 4 is 5.91 Å². The van der Waals surface area contributed by atoms with Gasteiger partial charge in [0.2, 0.25) is 5.91 Å². The summed E-state index contributed by atoms with van der Waals surface area (Å²) in [6, 6.07) is -0.0249. The molecule has 1 amide bonds. The molecule has 3 heterocycles. The van der Waals surface area contributed by atoms with Gasteiger partial charge >= 0.3 is 0 Å². The van der Waals surface area contributed by atoms with Crippen molar-refractivity contribution in [1.29, 1.82) is 0 Å². The van der Waals surface area contributed by atoms with Gasteiger partial charge in [-0.15, -0.1) is 0 Å². The number of nitrogens with one attached hydrogen (secondary N) is 1. The first-order valence-electron chi connectivity index (χ1n) is 5.75. The van der Waals surface area contributed by atoms with Gasteiger partial charge in [-0.05, 0) is 6.42 Å². The molecule has 5 heteroatoms. The van der Waals surface area contributed by atoms with Gasteiger partial charge in [0.25, 0.3) is 0 Å². The minimum Gasteiger partial charge on any atom is -0.344 e. The zero-order valence-electron chi connectivity index (χ0n) is 9.39. The van der Waals surface area contributed by atoms with Crippen LogP contribution in [0.25, 0.3) is 0 Å². The molecule has 0 bridgehead atoms. The summed E-state index contributed by atoms with van der Waals surface area (Å²) < 4.78 is 2.07. The molecular formula is C11H16N4O. The van der Waals surface area contributed by atoms with Crippen LogP contribution in [0.2, 0.25) is 0 Å². The van der Waals surface area contributed by atoms with Crippen molar-refractivity contribution in [3.8, 4) is 0 Å². The summed E-state index contributed by atoms with van der Waals surface area (Å²) in [5.74, 6) is 0.743. The Labute approximate surface area is 94.4 Å². The van der Waals surface area contributed by atoms with Crippen LogP contribution < -0.4 is 5.32 Å². The van der Waals surface area contributed by atoms with Gasteiger partial charge in [-0.2, -0.15) is 0 Å². The van der Waals surface area contributed by atoms with Gasteiger partial charge in [-0.1, -0.05) is 0 Å². The van der Waals surface area contributed by atoms with Crippen molar-refractivity contribution in [2.45, 2.75) is 18.4 Å². The molecular weight excluding hydrogens is 204 g/mol. The fourth-order valence-corrected chi connectivity index (χ4v) is 2.45. The Morgan fingerprint density at radius 3 is 2.88 bits per heavy atom. The molecule has 3 rings (SSSR count). The average molecular weight is 220 g/mol. The molecule has 0 saturated carbocycles. The normalized spacial score (nSPS) is 26.2. The van der Waals surface area contributed by atoms with Gasteiger partial charge in [-0.25, -0.2) is 4.98 Å². The maximum absolute atomic E-state index is 11.9. The third-order valence-corrected chi connectivity index (χ3v) is 3.63. The van der Waals surface area contributed by atoms with Crippen LogP contribution in [0.1, 0.15) is 24.1 Å². The van der Waals surface area contributed by atoms with Gasteiger partial charge in [0.05, 0.1) is 6.33 Å². The SMILES string of the molecule is CN1CCC(n2cncc2C2CNC2)C1=O. The molecule has 0 aromatic carbocycles. The molecule has 2 saturated heterocycles. The van der Waals surface area contributed by atoms with E-state index >= 15 is 0 Å². The molecule has 1 aromatic heterocycles. The summed E-state index contributed by atoms with van der Waals surface area (Å²) in [6.45, 7) is 2.86. The Bertz CT molecular complexity index is 410. The van der Waals surface area contributed by atoms with Crippen LogP contribution in [-0.2, 0) is 4.79 Å². The molecule has 0 spiro atoms. The van der Waals surface area contributed by atoms with E-state index in [2.05, 4.69) is 14.9 Å². The molecule has 16 heavy (non-hydrogen) atoms. The highest BCUT2D eigenvalue weighted by atomic mass is 16.2. The number of imidazole rings is 1. The molecule has 5 nitrogen and oxygen atoms in total. The van der Waals surface area contributed by atoms with Gasteiger partial charge in [0, 0.05) is 44.5 Å². The van der Waals surface area contributed by atoms with E-state index in [4.69, 9.17) is 0 Å². The van der Waals surface area contributed by atoms with E-state index in [1.807, 2.05) is 13.2 Å². The lowest BCUT2D eigenvalue weighted by molar-refractivity contribution is -0.129. The number of nitrogens with zero attached hydrogens (tertiary/aromatic N) is 3. The highest BCUT2D eigenvalue weighted by Crippen LogP contribution is 2.28. The summed E-state index contributed by atoms with van der Waals surface area (Å²) in [5.41, 5.74) is 1.20. The number of hydrogen-bond acceptors (Lipinski definition) is 3. The summed E-state index contributed by atoms with van der Waals surface area (Å²) in [4.78, 5) is 17.9. The lowest BCUT2D eigenvalue weighted by Crippen LogP contribution is -2.41. The fourth-order valence-electron chi connectivity index (χ4n) is 2.45. The largest absolute Gasteiger partial charge is 0.344 e. The van der Waals surface area contributed by atoms with Crippen LogP contribution in [0.15, 0.2) is 12.5 Å². The van der Waals surface area contributed by atoms with Crippen LogP contribution in [0.4, 0.5) is 0 Å². The fraction of sp³-hybridized carbons (Fsp3) is 0.636. The second kappa shape index (κ2) is 3.59. The number of likely N-dealkylation sites (tertiary alicyclic amines) is 1. The van der Waals surface area contributed by atoms with Gasteiger partial charge in [0.1, 0.15) is 6.04 Å². The maximum atomic E-state index is 11.9. The number of aromatic nitrogens is 2. The van der Waals surface area contributed by atoms with E-state index < -0.39 is 0 Å². The number of carbonyl (C=O) groups is 1. The maximum Gasteiger partial charge on any atom is 0.245 e. The highest BCUT2D eigenvalue weighted by molar-refractivity contribution is 5.82. The second-order valence-corrected chi connectivity index (χ2v) is 4.65. The monoisotopic (exact) mass is 220 g/mol. The summed E-state index contributed by atoms with van der Waals surface area (Å²) >= 11 is 0. The Morgan fingerprint density at radius 2 is 2.31 bits per heavy atom. The van der Waals surface area contributed by atoms with Crippen molar-refractivity contribution in [3.05, 3.63) is 18.2 Å². The number of rotatable bonds is 2. The van der Waals surface area contributed by atoms with Gasteiger partial charge in [-0.3, -0.25) is 4.79 Å². The number of likely N-dealkylation sites (N-methyl/N-ethyl adjacent to an activating group) is 1. The standard InChI is InChI=1S/C11H16N4O/c1-14-3-2-9(11(14)16)15-7-13-6-10(15)8-4-12-5-8/h6-9,12H,2-5H2,1H3. The minimum atomic E-state index is -0.0249. The quantitative estimate of drug-likeness (QED) is 0.761. The molecule has 2 aliphatic heterocycles. The van der Waals surface area contributed by atoms with E-state index in [1.54, 1.807) is 11.2 Å². The number of hydrogen-bond donors (Lipinski definition) is 1. The van der Waals surface area contributed by atoms with Crippen LogP contribution in [0.5, 0.6) is 0 Å². The van der Waals surface area contributed by atoms with Gasteiger partial charge in [0.15, 0.2) is 0 Å². The molecule has 1 aromatic rings. The molecule has 0 radical (unpaired) electrons. The van der Waals surface area contributed by atoms with E-state index in [-0.39, 0.29) is 11.9 Å². The highest BCUT2D eigenvalue weighted by Gasteiger charge is 2.33. The third kappa shape index (κ3) is 1.35. The van der Waals surface area contributed by atoms with Crippen molar-refractivity contribution in [2.24, 2.45) is 0 Å². The minimum absolute atomic E-state index is 0.0249. The molecule has 1 atom stereocenters. The Hall–Kier alpha value is -1.36. The zero-order valence-corrected chi connectivity index (χ0v) is 9.39. The molecule has 0 aliphatic carbocycles. The third-order valence-electron chi connectivity index (χ3n) is 3.63. The smallest absolute Gasteiger partial charge is 0.245 e. The van der Waals surface area contributed by atoms with Crippen LogP contribution >= 0.6 is 0 Å². The van der Waals surface area contributed by atoms with E-state index in [9.17, 15) is 4.79 Å². The topological polar surface area (TPSA) is 50.2 Å². The Kier molecular flexibility index (Phi) is 2.21. The van der Waals surface area contributed by atoms with E-state index in [1.165, 1.54) is 5.69 Å². The lowest BCUT2D eigenvalue weighted by Gasteiger charge is -2.29. The molecule has 1 unspecified atom stereocenters. The first-order chi connectivity index (χ1) is 7.77. The van der Waals surface area contributed by atoms with Crippen LogP contribution in [-0.4, -0.2) is 47.0 Å². The number of amides is 1. The Balaban J connectivity index is 1.88. The molecule has 2 fully saturated rings. The van der Waals surface area contributed by atoms with Crippen molar-refractivity contribution in [3.63, 3.8) is 0 Å². The Morgan fingerprint density at radius 1 is 1.50 bits per heavy atom. The number of carbonyl (C=O) groups excluding carboxylic acids is 1. The zero-order chi connectivity index (χ0) is 11.1. The molecule has 2 aliphatic rings. The van der Waals surface area contributed by atoms with Crippen LogP contribution in [0.3, 0.4) is 0 Å². The first-order valence-corrected chi connectivity index (χ1v) is 5.75. The summed E-state index contributed by atoms with van der Waals surface area (Å²) in [6.07, 6.45) is 4.60.